The lowest BCUT2D eigenvalue weighted by Crippen LogP contribution is -2.46. The summed E-state index contributed by atoms with van der Waals surface area (Å²) in [5.41, 5.74) is 1.83. The Kier molecular flexibility index (Phi) is 5.33. The Morgan fingerprint density at radius 1 is 1.33 bits per heavy atom. The second-order valence-corrected chi connectivity index (χ2v) is 7.12. The van der Waals surface area contributed by atoms with Crippen molar-refractivity contribution in [3.05, 3.63) is 49.4 Å². The van der Waals surface area contributed by atoms with E-state index >= 15 is 0 Å². The molecule has 24 heavy (non-hydrogen) atoms. The van der Waals surface area contributed by atoms with Crippen molar-refractivity contribution in [3.63, 3.8) is 0 Å². The predicted molar refractivity (Wildman–Crippen MR) is 97.1 cm³/mol. The van der Waals surface area contributed by atoms with E-state index in [1.54, 1.807) is 23.5 Å². The van der Waals surface area contributed by atoms with E-state index in [4.69, 9.17) is 11.6 Å². The first-order chi connectivity index (χ1) is 11.6. The Labute approximate surface area is 149 Å². The summed E-state index contributed by atoms with van der Waals surface area (Å²) < 4.78 is 0. The summed E-state index contributed by atoms with van der Waals surface area (Å²) in [6, 6.07) is 4.87. The molecule has 128 valence electrons. The van der Waals surface area contributed by atoms with Gasteiger partial charge in [-0.25, -0.2) is 4.98 Å². The smallest absolute Gasteiger partial charge is 0.294 e. The molecule has 1 aromatic carbocycles. The van der Waals surface area contributed by atoms with Gasteiger partial charge in [0.25, 0.3) is 5.69 Å². The normalized spacial score (nSPS) is 15.7. The number of piperazine rings is 1. The molecule has 1 aromatic heterocycles. The molecule has 8 heteroatoms. The number of nitro groups is 1. The number of anilines is 1. The Morgan fingerprint density at radius 3 is 2.71 bits per heavy atom. The zero-order chi connectivity index (χ0) is 17.1. The Bertz CT molecular complexity index is 729. The van der Waals surface area contributed by atoms with Crippen LogP contribution in [-0.2, 0) is 13.0 Å². The van der Waals surface area contributed by atoms with E-state index in [9.17, 15) is 10.1 Å². The van der Waals surface area contributed by atoms with Crippen molar-refractivity contribution in [3.8, 4) is 0 Å². The molecule has 1 fully saturated rings. The minimum atomic E-state index is -0.366. The van der Waals surface area contributed by atoms with Gasteiger partial charge in [0.2, 0.25) is 0 Å². The number of nitro benzene ring substituents is 1. The minimum Gasteiger partial charge on any atom is -0.363 e. The van der Waals surface area contributed by atoms with Crippen LogP contribution in [-0.4, -0.2) is 41.0 Å². The van der Waals surface area contributed by atoms with E-state index in [1.165, 1.54) is 11.1 Å². The van der Waals surface area contributed by atoms with Crippen LogP contribution in [0.3, 0.4) is 0 Å². The molecule has 0 aliphatic carbocycles. The Morgan fingerprint density at radius 2 is 2.08 bits per heavy atom. The number of hydrogen-bond acceptors (Lipinski definition) is 6. The molecule has 0 spiro atoms. The standard InChI is InChI=1S/C16H19ClN4O2S/c1-2-16-18-13(11-24-16)10-19-5-7-20(8-6-19)14-4-3-12(17)9-15(14)21(22)23/h3-4,9,11H,2,5-8,10H2,1H3. The molecule has 0 atom stereocenters. The first kappa shape index (κ1) is 17.1. The summed E-state index contributed by atoms with van der Waals surface area (Å²) in [6.07, 6.45) is 0.971. The van der Waals surface area contributed by atoms with Gasteiger partial charge in [0.15, 0.2) is 0 Å². The number of benzene rings is 1. The second-order valence-electron chi connectivity index (χ2n) is 5.74. The van der Waals surface area contributed by atoms with Gasteiger partial charge in [0.1, 0.15) is 5.69 Å². The molecule has 0 radical (unpaired) electrons. The molecule has 0 unspecified atom stereocenters. The highest BCUT2D eigenvalue weighted by Crippen LogP contribution is 2.31. The average Bonchev–Trinajstić information content (AvgIpc) is 3.03. The van der Waals surface area contributed by atoms with Crippen LogP contribution in [0.1, 0.15) is 17.6 Å². The van der Waals surface area contributed by atoms with Gasteiger partial charge in [0.05, 0.1) is 15.6 Å². The summed E-state index contributed by atoms with van der Waals surface area (Å²) in [5, 5.41) is 14.9. The van der Waals surface area contributed by atoms with Crippen molar-refractivity contribution >= 4 is 34.3 Å². The fraction of sp³-hybridized carbons (Fsp3) is 0.438. The van der Waals surface area contributed by atoms with E-state index in [2.05, 4.69) is 27.1 Å². The average molecular weight is 367 g/mol. The lowest BCUT2D eigenvalue weighted by Gasteiger charge is -2.35. The van der Waals surface area contributed by atoms with Crippen LogP contribution >= 0.6 is 22.9 Å². The summed E-state index contributed by atoms with van der Waals surface area (Å²) in [7, 11) is 0. The maximum absolute atomic E-state index is 11.3. The van der Waals surface area contributed by atoms with Gasteiger partial charge in [0, 0.05) is 49.2 Å². The largest absolute Gasteiger partial charge is 0.363 e. The molecule has 2 aromatic rings. The van der Waals surface area contributed by atoms with Gasteiger partial charge >= 0.3 is 0 Å². The fourth-order valence-electron chi connectivity index (χ4n) is 2.87. The van der Waals surface area contributed by atoms with Crippen LogP contribution in [0, 0.1) is 10.1 Å². The number of hydrogen-bond donors (Lipinski definition) is 0. The Balaban J connectivity index is 1.64. The first-order valence-electron chi connectivity index (χ1n) is 7.91. The van der Waals surface area contributed by atoms with Crippen molar-refractivity contribution in [1.82, 2.24) is 9.88 Å². The minimum absolute atomic E-state index is 0.0723. The first-order valence-corrected chi connectivity index (χ1v) is 9.17. The van der Waals surface area contributed by atoms with Gasteiger partial charge in [-0.3, -0.25) is 15.0 Å². The third-order valence-electron chi connectivity index (χ3n) is 4.13. The molecule has 6 nitrogen and oxygen atoms in total. The molecule has 0 bridgehead atoms. The van der Waals surface area contributed by atoms with Gasteiger partial charge < -0.3 is 4.90 Å². The SMILES string of the molecule is CCc1nc(CN2CCN(c3ccc(Cl)cc3[N+](=O)[O-])CC2)cs1. The lowest BCUT2D eigenvalue weighted by atomic mass is 10.2. The third kappa shape index (κ3) is 3.85. The van der Waals surface area contributed by atoms with E-state index in [1.807, 2.05) is 0 Å². The lowest BCUT2D eigenvalue weighted by molar-refractivity contribution is -0.384. The quantitative estimate of drug-likeness (QED) is 0.597. The zero-order valence-corrected chi connectivity index (χ0v) is 15.0. The van der Waals surface area contributed by atoms with Crippen molar-refractivity contribution in [2.45, 2.75) is 19.9 Å². The monoisotopic (exact) mass is 366 g/mol. The van der Waals surface area contributed by atoms with Crippen LogP contribution < -0.4 is 4.90 Å². The maximum atomic E-state index is 11.3. The number of halogens is 1. The molecule has 0 N–H and O–H groups in total. The summed E-state index contributed by atoms with van der Waals surface area (Å²) in [4.78, 5) is 19.9. The predicted octanol–water partition coefficient (Wildman–Crippen LogP) is 3.59. The van der Waals surface area contributed by atoms with E-state index in [0.29, 0.717) is 10.7 Å². The topological polar surface area (TPSA) is 62.5 Å². The van der Waals surface area contributed by atoms with Gasteiger partial charge in [-0.2, -0.15) is 0 Å². The highest BCUT2D eigenvalue weighted by molar-refractivity contribution is 7.09. The van der Waals surface area contributed by atoms with E-state index < -0.39 is 0 Å². The molecule has 3 rings (SSSR count). The zero-order valence-electron chi connectivity index (χ0n) is 13.4. The number of thiazole rings is 1. The van der Waals surface area contributed by atoms with Crippen LogP contribution in [0.15, 0.2) is 23.6 Å². The van der Waals surface area contributed by atoms with E-state index in [0.717, 1.165) is 44.8 Å². The molecular formula is C16H19ClN4O2S. The molecule has 1 aliphatic rings. The molecule has 0 amide bonds. The third-order valence-corrected chi connectivity index (χ3v) is 5.41. The van der Waals surface area contributed by atoms with Crippen LogP contribution in [0.2, 0.25) is 5.02 Å². The maximum Gasteiger partial charge on any atom is 0.294 e. The summed E-state index contributed by atoms with van der Waals surface area (Å²) in [5.74, 6) is 0. The number of aryl methyl sites for hydroxylation is 1. The van der Waals surface area contributed by atoms with Crippen molar-refractivity contribution < 1.29 is 4.92 Å². The van der Waals surface area contributed by atoms with Gasteiger partial charge in [-0.15, -0.1) is 11.3 Å². The fourth-order valence-corrected chi connectivity index (χ4v) is 3.77. The summed E-state index contributed by atoms with van der Waals surface area (Å²) >= 11 is 7.60. The Hall–Kier alpha value is -1.70. The van der Waals surface area contributed by atoms with E-state index in [-0.39, 0.29) is 10.6 Å². The van der Waals surface area contributed by atoms with Crippen LogP contribution in [0.4, 0.5) is 11.4 Å². The van der Waals surface area contributed by atoms with Crippen molar-refractivity contribution in [2.75, 3.05) is 31.1 Å². The van der Waals surface area contributed by atoms with Crippen molar-refractivity contribution in [1.29, 1.82) is 0 Å². The molecule has 2 heterocycles. The summed E-state index contributed by atoms with van der Waals surface area (Å²) in [6.45, 7) is 6.19. The van der Waals surface area contributed by atoms with Gasteiger partial charge in [-0.05, 0) is 18.6 Å². The molecule has 1 saturated heterocycles. The van der Waals surface area contributed by atoms with Crippen LogP contribution in [0.5, 0.6) is 0 Å². The number of aromatic nitrogens is 1. The number of nitrogens with zero attached hydrogens (tertiary/aromatic N) is 4. The molecule has 0 saturated carbocycles. The highest BCUT2D eigenvalue weighted by Gasteiger charge is 2.24. The second kappa shape index (κ2) is 7.46. The van der Waals surface area contributed by atoms with Gasteiger partial charge in [-0.1, -0.05) is 18.5 Å². The van der Waals surface area contributed by atoms with Crippen molar-refractivity contribution in [2.24, 2.45) is 0 Å². The highest BCUT2D eigenvalue weighted by atomic mass is 35.5. The number of rotatable bonds is 5. The molecular weight excluding hydrogens is 348 g/mol. The van der Waals surface area contributed by atoms with Crippen LogP contribution in [0.25, 0.3) is 0 Å². The molecule has 1 aliphatic heterocycles.